The first-order valence-corrected chi connectivity index (χ1v) is 8.70. The molecule has 1 amide bonds. The highest BCUT2D eigenvalue weighted by molar-refractivity contribution is 6.32. The number of ether oxygens (including phenoxy) is 1. The summed E-state index contributed by atoms with van der Waals surface area (Å²) in [5.74, 6) is -0.402. The predicted octanol–water partition coefficient (Wildman–Crippen LogP) is 3.22. The Balaban J connectivity index is 1.93. The zero-order chi connectivity index (χ0) is 21.0. The van der Waals surface area contributed by atoms with Gasteiger partial charge in [-0.25, -0.2) is 9.37 Å². The van der Waals surface area contributed by atoms with E-state index in [1.807, 2.05) is 0 Å². The minimum absolute atomic E-state index is 0.136. The molecule has 7 nitrogen and oxygen atoms in total. The van der Waals surface area contributed by atoms with Crippen LogP contribution in [0.3, 0.4) is 0 Å². The van der Waals surface area contributed by atoms with Crippen LogP contribution in [0.25, 0.3) is 11.4 Å². The van der Waals surface area contributed by atoms with Gasteiger partial charge in [-0.05, 0) is 42.5 Å². The fourth-order valence-corrected chi connectivity index (χ4v) is 2.89. The molecule has 1 N–H and O–H groups in total. The molecule has 0 radical (unpaired) electrons. The van der Waals surface area contributed by atoms with Gasteiger partial charge in [-0.15, -0.1) is 0 Å². The van der Waals surface area contributed by atoms with Crippen molar-refractivity contribution in [2.24, 2.45) is 0 Å². The maximum absolute atomic E-state index is 13.2. The first-order valence-electron chi connectivity index (χ1n) is 8.32. The minimum atomic E-state index is -0.676. The second-order valence-corrected chi connectivity index (χ2v) is 6.31. The molecule has 0 bridgehead atoms. The maximum Gasteiger partial charge on any atom is 0.272 e. The van der Waals surface area contributed by atoms with Gasteiger partial charge in [-0.1, -0.05) is 11.6 Å². The number of hydrogen-bond donors (Lipinski definition) is 1. The zero-order valence-electron chi connectivity index (χ0n) is 15.1. The molecule has 0 spiro atoms. The topological polar surface area (TPSA) is 97.0 Å². The molecular formula is C20H14ClFN4O3. The van der Waals surface area contributed by atoms with Crippen molar-refractivity contribution in [1.29, 1.82) is 5.26 Å². The fraction of sp³-hybridized carbons (Fsp3) is 0.100. The number of anilines is 1. The van der Waals surface area contributed by atoms with E-state index in [9.17, 15) is 14.0 Å². The molecule has 29 heavy (non-hydrogen) atoms. The molecule has 0 unspecified atom stereocenters. The summed E-state index contributed by atoms with van der Waals surface area (Å²) in [4.78, 5) is 29.2. The van der Waals surface area contributed by atoms with Crippen molar-refractivity contribution < 1.29 is 13.9 Å². The molecule has 0 aliphatic carbocycles. The van der Waals surface area contributed by atoms with E-state index in [1.54, 1.807) is 18.2 Å². The Morgan fingerprint density at radius 1 is 1.31 bits per heavy atom. The van der Waals surface area contributed by atoms with Gasteiger partial charge in [-0.2, -0.15) is 5.26 Å². The summed E-state index contributed by atoms with van der Waals surface area (Å²) in [7, 11) is 1.47. The van der Waals surface area contributed by atoms with Gasteiger partial charge in [0.05, 0.1) is 18.3 Å². The summed E-state index contributed by atoms with van der Waals surface area (Å²) in [6.07, 6.45) is 1.12. The third-order valence-corrected chi connectivity index (χ3v) is 4.30. The van der Waals surface area contributed by atoms with Crippen molar-refractivity contribution in [2.45, 2.75) is 6.54 Å². The summed E-state index contributed by atoms with van der Waals surface area (Å²) in [5.41, 5.74) is -0.0595. The number of hydrogen-bond acceptors (Lipinski definition) is 5. The summed E-state index contributed by atoms with van der Waals surface area (Å²) >= 11 is 6.05. The number of aromatic nitrogens is 2. The lowest BCUT2D eigenvalue weighted by atomic mass is 10.2. The van der Waals surface area contributed by atoms with E-state index in [2.05, 4.69) is 10.3 Å². The first-order chi connectivity index (χ1) is 13.9. The SMILES string of the molecule is COc1ccc(NC(=O)Cn2c(-c3ccc(F)cc3)ncc(C#N)c2=O)cc1Cl. The molecule has 2 aromatic carbocycles. The van der Waals surface area contributed by atoms with Crippen molar-refractivity contribution in [2.75, 3.05) is 12.4 Å². The number of rotatable bonds is 5. The van der Waals surface area contributed by atoms with Gasteiger partial charge in [0.15, 0.2) is 0 Å². The van der Waals surface area contributed by atoms with E-state index in [0.29, 0.717) is 22.0 Å². The second kappa shape index (κ2) is 8.54. The molecule has 0 saturated heterocycles. The number of nitrogens with zero attached hydrogens (tertiary/aromatic N) is 3. The molecule has 9 heteroatoms. The number of nitrogens with one attached hydrogen (secondary N) is 1. The lowest BCUT2D eigenvalue weighted by molar-refractivity contribution is -0.116. The molecule has 3 rings (SSSR count). The van der Waals surface area contributed by atoms with Crippen LogP contribution in [-0.4, -0.2) is 22.6 Å². The van der Waals surface area contributed by atoms with Crippen LogP contribution in [0.5, 0.6) is 5.75 Å². The Kier molecular flexibility index (Phi) is 5.90. The van der Waals surface area contributed by atoms with Crippen LogP contribution in [0.1, 0.15) is 5.56 Å². The third kappa shape index (κ3) is 4.42. The van der Waals surface area contributed by atoms with Gasteiger partial charge in [0.2, 0.25) is 5.91 Å². The van der Waals surface area contributed by atoms with E-state index >= 15 is 0 Å². The molecule has 1 aromatic heterocycles. The average Bonchev–Trinajstić information content (AvgIpc) is 2.70. The normalized spacial score (nSPS) is 10.3. The number of halogens is 2. The standard InChI is InChI=1S/C20H14ClFN4O3/c1-29-17-7-6-15(8-16(17)21)25-18(27)11-26-19(12-2-4-14(22)5-3-12)24-10-13(9-23)20(26)28/h2-8,10H,11H2,1H3,(H,25,27). The summed E-state index contributed by atoms with van der Waals surface area (Å²) < 4.78 is 19.3. The molecule has 0 fully saturated rings. The lowest BCUT2D eigenvalue weighted by Crippen LogP contribution is -2.31. The lowest BCUT2D eigenvalue weighted by Gasteiger charge is -2.13. The van der Waals surface area contributed by atoms with Crippen molar-refractivity contribution in [3.63, 3.8) is 0 Å². The van der Waals surface area contributed by atoms with Gasteiger partial charge in [0, 0.05) is 11.3 Å². The molecule has 146 valence electrons. The van der Waals surface area contributed by atoms with Gasteiger partial charge >= 0.3 is 0 Å². The molecule has 0 aliphatic heterocycles. The largest absolute Gasteiger partial charge is 0.495 e. The highest BCUT2D eigenvalue weighted by Crippen LogP contribution is 2.27. The fourth-order valence-electron chi connectivity index (χ4n) is 2.63. The van der Waals surface area contributed by atoms with Crippen LogP contribution in [0.4, 0.5) is 10.1 Å². The Hall–Kier alpha value is -3.70. The Bertz CT molecular complexity index is 1170. The van der Waals surface area contributed by atoms with E-state index < -0.39 is 23.8 Å². The van der Waals surface area contributed by atoms with Crippen LogP contribution >= 0.6 is 11.6 Å². The second-order valence-electron chi connectivity index (χ2n) is 5.90. The zero-order valence-corrected chi connectivity index (χ0v) is 15.9. The molecule has 0 saturated carbocycles. The average molecular weight is 413 g/mol. The van der Waals surface area contributed by atoms with Crippen LogP contribution in [0, 0.1) is 17.1 Å². The third-order valence-electron chi connectivity index (χ3n) is 4.01. The maximum atomic E-state index is 13.2. The summed E-state index contributed by atoms with van der Waals surface area (Å²) in [5, 5.41) is 12.0. The molecule has 0 atom stereocenters. The quantitative estimate of drug-likeness (QED) is 0.694. The monoisotopic (exact) mass is 412 g/mol. The number of amides is 1. The Labute approximate surface area is 170 Å². The smallest absolute Gasteiger partial charge is 0.272 e. The van der Waals surface area contributed by atoms with Gasteiger partial charge in [-0.3, -0.25) is 14.2 Å². The number of methoxy groups -OCH3 is 1. The van der Waals surface area contributed by atoms with Gasteiger partial charge in [0.1, 0.15) is 35.6 Å². The number of nitriles is 1. The molecule has 1 heterocycles. The summed E-state index contributed by atoms with van der Waals surface area (Å²) in [6.45, 7) is -0.405. The minimum Gasteiger partial charge on any atom is -0.495 e. The van der Waals surface area contributed by atoms with Crippen LogP contribution < -0.4 is 15.6 Å². The molecule has 3 aromatic rings. The predicted molar refractivity (Wildman–Crippen MR) is 105 cm³/mol. The van der Waals surface area contributed by atoms with Gasteiger partial charge < -0.3 is 10.1 Å². The number of carbonyl (C=O) groups excluding carboxylic acids is 1. The van der Waals surface area contributed by atoms with Crippen LogP contribution in [0.15, 0.2) is 53.5 Å². The van der Waals surface area contributed by atoms with Crippen LogP contribution in [-0.2, 0) is 11.3 Å². The summed E-state index contributed by atoms with van der Waals surface area (Å²) in [6, 6.07) is 11.7. The highest BCUT2D eigenvalue weighted by atomic mass is 35.5. The van der Waals surface area contributed by atoms with E-state index in [4.69, 9.17) is 21.6 Å². The highest BCUT2D eigenvalue weighted by Gasteiger charge is 2.16. The van der Waals surface area contributed by atoms with Crippen molar-refractivity contribution in [3.05, 3.63) is 75.4 Å². The Morgan fingerprint density at radius 3 is 2.66 bits per heavy atom. The van der Waals surface area contributed by atoms with Crippen molar-refractivity contribution in [3.8, 4) is 23.2 Å². The van der Waals surface area contributed by atoms with E-state index in [-0.39, 0.29) is 11.4 Å². The van der Waals surface area contributed by atoms with Crippen LogP contribution in [0.2, 0.25) is 5.02 Å². The molecule has 0 aliphatic rings. The van der Waals surface area contributed by atoms with Crippen molar-refractivity contribution >= 4 is 23.2 Å². The van der Waals surface area contributed by atoms with E-state index in [0.717, 1.165) is 10.8 Å². The van der Waals surface area contributed by atoms with Gasteiger partial charge in [0.25, 0.3) is 5.56 Å². The van der Waals surface area contributed by atoms with E-state index in [1.165, 1.54) is 37.4 Å². The first kappa shape index (κ1) is 20.0. The van der Waals surface area contributed by atoms with Crippen molar-refractivity contribution in [1.82, 2.24) is 9.55 Å². The molecular weight excluding hydrogens is 399 g/mol. The number of carbonyl (C=O) groups is 1. The number of benzene rings is 2. The Morgan fingerprint density at radius 2 is 2.03 bits per heavy atom.